The van der Waals surface area contributed by atoms with Crippen LogP contribution in [0.3, 0.4) is 0 Å². The molecule has 0 aromatic carbocycles. The third-order valence-electron chi connectivity index (χ3n) is 3.61. The lowest BCUT2D eigenvalue weighted by Gasteiger charge is -2.38. The Morgan fingerprint density at radius 1 is 1.45 bits per heavy atom. The second-order valence-corrected chi connectivity index (χ2v) is 6.77. The minimum Gasteiger partial charge on any atom is -0.479 e. The maximum absolute atomic E-state index is 11.9. The SMILES string of the molecule is C=CCS(=O)(=O)N1CCC(C(=O)O)(n2cccn2)CC1. The molecule has 0 atom stereocenters. The third kappa shape index (κ3) is 2.48. The number of sulfonamides is 1. The van der Waals surface area contributed by atoms with Gasteiger partial charge in [0, 0.05) is 25.5 Å². The first kappa shape index (κ1) is 14.7. The van der Waals surface area contributed by atoms with E-state index < -0.39 is 21.5 Å². The molecule has 0 unspecified atom stereocenters. The van der Waals surface area contributed by atoms with Gasteiger partial charge in [-0.25, -0.2) is 17.5 Å². The quantitative estimate of drug-likeness (QED) is 0.788. The topological polar surface area (TPSA) is 92.5 Å². The Morgan fingerprint density at radius 3 is 2.55 bits per heavy atom. The van der Waals surface area contributed by atoms with Gasteiger partial charge in [0.15, 0.2) is 5.54 Å². The first-order valence-corrected chi connectivity index (χ1v) is 7.85. The lowest BCUT2D eigenvalue weighted by atomic mass is 9.88. The van der Waals surface area contributed by atoms with Gasteiger partial charge in [-0.1, -0.05) is 6.08 Å². The van der Waals surface area contributed by atoms with Crippen LogP contribution in [0.4, 0.5) is 0 Å². The summed E-state index contributed by atoms with van der Waals surface area (Å²) in [4.78, 5) is 11.6. The van der Waals surface area contributed by atoms with E-state index in [1.54, 1.807) is 12.3 Å². The molecule has 110 valence electrons. The highest BCUT2D eigenvalue weighted by molar-refractivity contribution is 7.89. The van der Waals surface area contributed by atoms with Gasteiger partial charge in [0.2, 0.25) is 10.0 Å². The molecule has 0 amide bonds. The smallest absolute Gasteiger partial charge is 0.331 e. The van der Waals surface area contributed by atoms with E-state index in [-0.39, 0.29) is 31.7 Å². The van der Waals surface area contributed by atoms with Gasteiger partial charge in [0.05, 0.1) is 5.75 Å². The van der Waals surface area contributed by atoms with E-state index in [0.29, 0.717) is 0 Å². The Bertz CT molecular complexity index is 586. The lowest BCUT2D eigenvalue weighted by molar-refractivity contribution is -0.150. The van der Waals surface area contributed by atoms with Crippen LogP contribution in [0.1, 0.15) is 12.8 Å². The summed E-state index contributed by atoms with van der Waals surface area (Å²) in [5.41, 5.74) is -1.16. The molecule has 1 N–H and O–H groups in total. The standard InChI is InChI=1S/C12H17N3O4S/c1-2-10-20(18,19)14-8-4-12(5-9-14,11(16)17)15-7-3-6-13-15/h2-3,6-7H,1,4-5,8-10H2,(H,16,17). The highest BCUT2D eigenvalue weighted by Gasteiger charge is 2.45. The van der Waals surface area contributed by atoms with E-state index >= 15 is 0 Å². The van der Waals surface area contributed by atoms with Crippen molar-refractivity contribution in [1.29, 1.82) is 0 Å². The van der Waals surface area contributed by atoms with Gasteiger partial charge in [-0.05, 0) is 18.9 Å². The van der Waals surface area contributed by atoms with E-state index in [2.05, 4.69) is 11.7 Å². The summed E-state index contributed by atoms with van der Waals surface area (Å²) in [5, 5.41) is 13.5. The van der Waals surface area contributed by atoms with Crippen molar-refractivity contribution in [2.24, 2.45) is 0 Å². The molecule has 0 saturated carbocycles. The molecular formula is C12H17N3O4S. The zero-order valence-corrected chi connectivity index (χ0v) is 11.8. The van der Waals surface area contributed by atoms with Crippen LogP contribution in [0.2, 0.25) is 0 Å². The van der Waals surface area contributed by atoms with Crippen LogP contribution < -0.4 is 0 Å². The van der Waals surface area contributed by atoms with E-state index in [4.69, 9.17) is 0 Å². The highest BCUT2D eigenvalue weighted by Crippen LogP contribution is 2.31. The molecule has 20 heavy (non-hydrogen) atoms. The fraction of sp³-hybridized carbons (Fsp3) is 0.500. The molecular weight excluding hydrogens is 282 g/mol. The van der Waals surface area contributed by atoms with Crippen molar-refractivity contribution in [1.82, 2.24) is 14.1 Å². The van der Waals surface area contributed by atoms with Crippen molar-refractivity contribution < 1.29 is 18.3 Å². The van der Waals surface area contributed by atoms with Gasteiger partial charge in [-0.15, -0.1) is 6.58 Å². The molecule has 8 heteroatoms. The number of carboxylic acid groups (broad SMARTS) is 1. The van der Waals surface area contributed by atoms with Gasteiger partial charge < -0.3 is 5.11 Å². The Kier molecular flexibility index (Phi) is 3.96. The Labute approximate surface area is 117 Å². The van der Waals surface area contributed by atoms with Crippen molar-refractivity contribution in [2.75, 3.05) is 18.8 Å². The predicted molar refractivity (Wildman–Crippen MR) is 72.6 cm³/mol. The van der Waals surface area contributed by atoms with Crippen LogP contribution >= 0.6 is 0 Å². The largest absolute Gasteiger partial charge is 0.479 e. The summed E-state index contributed by atoms with van der Waals surface area (Å²) in [6.07, 6.45) is 4.84. The average molecular weight is 299 g/mol. The van der Waals surface area contributed by atoms with Gasteiger partial charge in [0.25, 0.3) is 0 Å². The van der Waals surface area contributed by atoms with E-state index in [1.165, 1.54) is 21.3 Å². The maximum Gasteiger partial charge on any atom is 0.331 e. The molecule has 2 rings (SSSR count). The van der Waals surface area contributed by atoms with Gasteiger partial charge in [0.1, 0.15) is 0 Å². The van der Waals surface area contributed by atoms with E-state index in [0.717, 1.165) is 0 Å². The number of rotatable bonds is 5. The molecule has 0 aliphatic carbocycles. The summed E-state index contributed by atoms with van der Waals surface area (Å²) in [6, 6.07) is 1.66. The number of aliphatic carboxylic acids is 1. The Hall–Kier alpha value is -1.67. The van der Waals surface area contributed by atoms with Crippen LogP contribution in [0.25, 0.3) is 0 Å². The van der Waals surface area contributed by atoms with Crippen LogP contribution in [-0.2, 0) is 20.4 Å². The van der Waals surface area contributed by atoms with Crippen LogP contribution in [0.5, 0.6) is 0 Å². The normalized spacial score (nSPS) is 19.6. The molecule has 2 heterocycles. The molecule has 1 aliphatic rings. The number of hydrogen-bond donors (Lipinski definition) is 1. The fourth-order valence-electron chi connectivity index (χ4n) is 2.45. The van der Waals surface area contributed by atoms with E-state index in [9.17, 15) is 18.3 Å². The second-order valence-electron chi connectivity index (χ2n) is 4.75. The summed E-state index contributed by atoms with van der Waals surface area (Å²) in [6.45, 7) is 3.76. The van der Waals surface area contributed by atoms with Gasteiger partial charge in [-0.3, -0.25) is 4.68 Å². The predicted octanol–water partition coefficient (Wildman–Crippen LogP) is 0.275. The molecule has 1 fully saturated rings. The summed E-state index contributed by atoms with van der Waals surface area (Å²) < 4.78 is 26.6. The first-order chi connectivity index (χ1) is 9.42. The number of aromatic nitrogens is 2. The summed E-state index contributed by atoms with van der Waals surface area (Å²) in [7, 11) is -3.39. The van der Waals surface area contributed by atoms with Gasteiger partial charge >= 0.3 is 5.97 Å². The molecule has 0 bridgehead atoms. The van der Waals surface area contributed by atoms with Crippen molar-refractivity contribution in [2.45, 2.75) is 18.4 Å². The van der Waals surface area contributed by atoms with E-state index in [1.807, 2.05) is 0 Å². The number of piperidine rings is 1. The highest BCUT2D eigenvalue weighted by atomic mass is 32.2. The second kappa shape index (κ2) is 5.37. The number of carbonyl (C=O) groups is 1. The minimum atomic E-state index is -3.39. The molecule has 0 radical (unpaired) electrons. The molecule has 1 saturated heterocycles. The Morgan fingerprint density at radius 2 is 2.10 bits per heavy atom. The zero-order chi connectivity index (χ0) is 14.8. The molecule has 1 aromatic heterocycles. The van der Waals surface area contributed by atoms with Gasteiger partial charge in [-0.2, -0.15) is 5.10 Å². The lowest BCUT2D eigenvalue weighted by Crippen LogP contribution is -2.52. The number of nitrogens with zero attached hydrogens (tertiary/aromatic N) is 3. The van der Waals surface area contributed by atoms with Crippen molar-refractivity contribution >= 4 is 16.0 Å². The third-order valence-corrected chi connectivity index (χ3v) is 5.42. The summed E-state index contributed by atoms with van der Waals surface area (Å²) >= 11 is 0. The van der Waals surface area contributed by atoms with Crippen molar-refractivity contribution in [3.05, 3.63) is 31.1 Å². The average Bonchev–Trinajstić information content (AvgIpc) is 2.92. The summed E-state index contributed by atoms with van der Waals surface area (Å²) in [5.74, 6) is -1.11. The zero-order valence-electron chi connectivity index (χ0n) is 11.0. The van der Waals surface area contributed by atoms with Crippen molar-refractivity contribution in [3.8, 4) is 0 Å². The molecule has 0 spiro atoms. The van der Waals surface area contributed by atoms with Crippen molar-refractivity contribution in [3.63, 3.8) is 0 Å². The van der Waals surface area contributed by atoms with Crippen LogP contribution in [-0.4, -0.2) is 52.4 Å². The molecule has 1 aromatic rings. The number of hydrogen-bond acceptors (Lipinski definition) is 4. The van der Waals surface area contributed by atoms with Crippen LogP contribution in [0, 0.1) is 0 Å². The first-order valence-electron chi connectivity index (χ1n) is 6.25. The number of carboxylic acids is 1. The minimum absolute atomic E-state index is 0.130. The Balaban J connectivity index is 2.20. The van der Waals surface area contributed by atoms with Crippen LogP contribution in [0.15, 0.2) is 31.1 Å². The maximum atomic E-state index is 11.9. The fourth-order valence-corrected chi connectivity index (χ4v) is 3.70. The monoisotopic (exact) mass is 299 g/mol. The molecule has 7 nitrogen and oxygen atoms in total. The molecule has 1 aliphatic heterocycles.